The average Bonchev–Trinajstić information content (AvgIpc) is 2.86. The highest BCUT2D eigenvalue weighted by atomic mass is 32.2. The number of fused-ring (bicyclic) bond motifs is 1. The zero-order chi connectivity index (χ0) is 17.3. The molecule has 0 aliphatic carbocycles. The van der Waals surface area contributed by atoms with E-state index in [-0.39, 0.29) is 21.8 Å². The smallest absolute Gasteiger partial charge is 0.285 e. The van der Waals surface area contributed by atoms with Gasteiger partial charge in [0.15, 0.2) is 0 Å². The summed E-state index contributed by atoms with van der Waals surface area (Å²) in [7, 11) is -4.07. The van der Waals surface area contributed by atoms with Gasteiger partial charge < -0.3 is 4.57 Å². The molecule has 8 heteroatoms. The van der Waals surface area contributed by atoms with Gasteiger partial charge in [-0.1, -0.05) is 23.3 Å². The Labute approximate surface area is 140 Å². The first-order valence-corrected chi connectivity index (χ1v) is 8.96. The molecule has 1 heterocycles. The van der Waals surface area contributed by atoms with Crippen molar-refractivity contribution in [3.63, 3.8) is 0 Å². The van der Waals surface area contributed by atoms with Crippen LogP contribution in [0.2, 0.25) is 0 Å². The Balaban J connectivity index is 2.27. The van der Waals surface area contributed by atoms with E-state index in [4.69, 9.17) is 6.42 Å². The Hall–Kier alpha value is -2.50. The lowest BCUT2D eigenvalue weighted by Crippen LogP contribution is -2.17. The summed E-state index contributed by atoms with van der Waals surface area (Å²) in [5.74, 6) is 1.29. The average molecular weight is 364 g/mol. The van der Waals surface area contributed by atoms with E-state index in [2.05, 4.69) is 10.3 Å². The molecule has 0 unspecified atom stereocenters. The molecule has 0 bridgehead atoms. The number of hydrogen-bond donors (Lipinski definition) is 0. The van der Waals surface area contributed by atoms with Crippen molar-refractivity contribution in [2.45, 2.75) is 11.4 Å². The molecule has 4 nitrogen and oxygen atoms in total. The van der Waals surface area contributed by atoms with Crippen molar-refractivity contribution < 1.29 is 17.2 Å². The van der Waals surface area contributed by atoms with Crippen LogP contribution in [0.5, 0.6) is 0 Å². The summed E-state index contributed by atoms with van der Waals surface area (Å²) >= 11 is 1.01. The zero-order valence-electron chi connectivity index (χ0n) is 12.1. The SMILES string of the molecule is C#CCn1c(=NS(=O)(=O)c2ccc(F)cc2)sc2cccc(F)c21. The van der Waals surface area contributed by atoms with E-state index < -0.39 is 21.7 Å². The maximum absolute atomic E-state index is 14.1. The Morgan fingerprint density at radius 1 is 1.17 bits per heavy atom. The molecule has 0 saturated heterocycles. The molecule has 0 spiro atoms. The molecule has 2 aromatic carbocycles. The van der Waals surface area contributed by atoms with E-state index in [1.165, 1.54) is 16.7 Å². The van der Waals surface area contributed by atoms with Crippen LogP contribution in [0.25, 0.3) is 10.2 Å². The number of hydrogen-bond acceptors (Lipinski definition) is 3. The molecule has 0 aliphatic rings. The van der Waals surface area contributed by atoms with Crippen LogP contribution in [0.15, 0.2) is 51.8 Å². The molecule has 3 aromatic rings. The lowest BCUT2D eigenvalue weighted by atomic mass is 10.3. The van der Waals surface area contributed by atoms with Gasteiger partial charge in [0.05, 0.1) is 21.7 Å². The number of aromatic nitrogens is 1. The van der Waals surface area contributed by atoms with E-state index in [0.717, 1.165) is 35.6 Å². The summed E-state index contributed by atoms with van der Waals surface area (Å²) in [6, 6.07) is 8.73. The van der Waals surface area contributed by atoms with Gasteiger partial charge >= 0.3 is 0 Å². The largest absolute Gasteiger partial charge is 0.302 e. The van der Waals surface area contributed by atoms with E-state index in [9.17, 15) is 17.2 Å². The van der Waals surface area contributed by atoms with Crippen LogP contribution in [-0.2, 0) is 16.6 Å². The number of benzene rings is 2. The molecule has 0 N–H and O–H groups in total. The lowest BCUT2D eigenvalue weighted by Gasteiger charge is -2.01. The maximum Gasteiger partial charge on any atom is 0.285 e. The topological polar surface area (TPSA) is 51.4 Å². The minimum absolute atomic E-state index is 0.0291. The van der Waals surface area contributed by atoms with E-state index >= 15 is 0 Å². The molecule has 24 heavy (non-hydrogen) atoms. The van der Waals surface area contributed by atoms with E-state index in [1.54, 1.807) is 6.07 Å². The Morgan fingerprint density at radius 2 is 1.88 bits per heavy atom. The Morgan fingerprint density at radius 3 is 2.54 bits per heavy atom. The Kier molecular flexibility index (Phi) is 4.22. The van der Waals surface area contributed by atoms with Crippen molar-refractivity contribution >= 4 is 31.6 Å². The summed E-state index contributed by atoms with van der Waals surface area (Å²) < 4.78 is 57.4. The second-order valence-electron chi connectivity index (χ2n) is 4.78. The van der Waals surface area contributed by atoms with Gasteiger partial charge in [-0.2, -0.15) is 8.42 Å². The number of sulfonamides is 1. The molecule has 0 aliphatic heterocycles. The molecule has 0 saturated carbocycles. The number of terminal acetylenes is 1. The van der Waals surface area contributed by atoms with Crippen molar-refractivity contribution in [2.24, 2.45) is 4.40 Å². The van der Waals surface area contributed by atoms with Crippen molar-refractivity contribution in [1.29, 1.82) is 0 Å². The molecule has 0 radical (unpaired) electrons. The molecule has 1 aromatic heterocycles. The van der Waals surface area contributed by atoms with Crippen molar-refractivity contribution in [2.75, 3.05) is 0 Å². The summed E-state index contributed by atoms with van der Waals surface area (Å²) in [4.78, 5) is -0.105. The summed E-state index contributed by atoms with van der Waals surface area (Å²) in [5, 5.41) is 0. The van der Waals surface area contributed by atoms with Gasteiger partial charge in [0.2, 0.25) is 4.80 Å². The minimum Gasteiger partial charge on any atom is -0.302 e. The minimum atomic E-state index is -4.07. The van der Waals surface area contributed by atoms with Gasteiger partial charge in [0.25, 0.3) is 10.0 Å². The second kappa shape index (κ2) is 6.19. The van der Waals surface area contributed by atoms with E-state index in [1.807, 2.05) is 0 Å². The molecule has 3 rings (SSSR count). The molecule has 0 fully saturated rings. The van der Waals surface area contributed by atoms with Gasteiger partial charge in [0, 0.05) is 0 Å². The van der Waals surface area contributed by atoms with Crippen LogP contribution in [0.1, 0.15) is 0 Å². The predicted octanol–water partition coefficient (Wildman–Crippen LogP) is 2.90. The van der Waals surface area contributed by atoms with Crippen molar-refractivity contribution in [3.8, 4) is 12.3 Å². The summed E-state index contributed by atoms with van der Waals surface area (Å²) in [5.41, 5.74) is 0.202. The van der Waals surface area contributed by atoms with Crippen LogP contribution >= 0.6 is 11.3 Å². The number of thiazole rings is 1. The third-order valence-corrected chi connectivity index (χ3v) is 5.65. The van der Waals surface area contributed by atoms with Gasteiger partial charge in [0.1, 0.15) is 11.6 Å². The molecule has 0 atom stereocenters. The first-order valence-electron chi connectivity index (χ1n) is 6.70. The van der Waals surface area contributed by atoms with Crippen LogP contribution < -0.4 is 4.80 Å². The van der Waals surface area contributed by atoms with E-state index in [0.29, 0.717) is 4.70 Å². The predicted molar refractivity (Wildman–Crippen MR) is 87.8 cm³/mol. The zero-order valence-corrected chi connectivity index (χ0v) is 13.7. The van der Waals surface area contributed by atoms with Gasteiger partial charge in [-0.15, -0.1) is 10.8 Å². The third-order valence-electron chi connectivity index (χ3n) is 3.21. The fourth-order valence-corrected chi connectivity index (χ4v) is 4.40. The number of rotatable bonds is 3. The maximum atomic E-state index is 14.1. The fourth-order valence-electron chi connectivity index (χ4n) is 2.16. The standard InChI is InChI=1S/C16H10F2N2O2S2/c1-2-10-20-15-13(18)4-3-5-14(15)23-16(20)19-24(21,22)12-8-6-11(17)7-9-12/h1,3-9H,10H2. The van der Waals surface area contributed by atoms with Crippen LogP contribution in [0.3, 0.4) is 0 Å². The fraction of sp³-hybridized carbons (Fsp3) is 0.0625. The first kappa shape index (κ1) is 16.4. The summed E-state index contributed by atoms with van der Waals surface area (Å²) in [6.07, 6.45) is 5.30. The molecular formula is C16H10F2N2O2S2. The number of halogens is 2. The summed E-state index contributed by atoms with van der Waals surface area (Å²) in [6.45, 7) is -0.0291. The normalized spacial score (nSPS) is 12.5. The number of para-hydroxylation sites is 1. The van der Waals surface area contributed by atoms with Gasteiger partial charge in [-0.05, 0) is 36.4 Å². The van der Waals surface area contributed by atoms with Gasteiger partial charge in [-0.3, -0.25) is 0 Å². The first-order chi connectivity index (χ1) is 11.4. The van der Waals surface area contributed by atoms with Crippen molar-refractivity contribution in [1.82, 2.24) is 4.57 Å². The second-order valence-corrected chi connectivity index (χ2v) is 7.39. The third kappa shape index (κ3) is 2.96. The van der Waals surface area contributed by atoms with Crippen LogP contribution in [0.4, 0.5) is 8.78 Å². The van der Waals surface area contributed by atoms with Crippen molar-refractivity contribution in [3.05, 3.63) is 58.9 Å². The molecular weight excluding hydrogens is 354 g/mol. The highest BCUT2D eigenvalue weighted by molar-refractivity contribution is 7.90. The highest BCUT2D eigenvalue weighted by Crippen LogP contribution is 2.21. The lowest BCUT2D eigenvalue weighted by molar-refractivity contribution is 0.594. The number of nitrogens with zero attached hydrogens (tertiary/aromatic N) is 2. The van der Waals surface area contributed by atoms with Crippen LogP contribution in [0, 0.1) is 24.0 Å². The molecule has 122 valence electrons. The van der Waals surface area contributed by atoms with Gasteiger partial charge in [-0.25, -0.2) is 8.78 Å². The molecule has 0 amide bonds. The van der Waals surface area contributed by atoms with Crippen LogP contribution in [-0.4, -0.2) is 13.0 Å². The monoisotopic (exact) mass is 364 g/mol. The Bertz CT molecular complexity index is 1120. The highest BCUT2D eigenvalue weighted by Gasteiger charge is 2.16. The quantitative estimate of drug-likeness (QED) is 0.671.